The van der Waals surface area contributed by atoms with Gasteiger partial charge in [-0.25, -0.2) is 4.98 Å². The first kappa shape index (κ1) is 19.8. The predicted molar refractivity (Wildman–Crippen MR) is 117 cm³/mol. The van der Waals surface area contributed by atoms with Gasteiger partial charge in [-0.1, -0.05) is 11.3 Å². The highest BCUT2D eigenvalue weighted by Gasteiger charge is 2.19. The maximum atomic E-state index is 12.9. The average Bonchev–Trinajstić information content (AvgIpc) is 3.33. The fourth-order valence-corrected chi connectivity index (χ4v) is 4.17. The number of hydrogen-bond donors (Lipinski definition) is 1. The summed E-state index contributed by atoms with van der Waals surface area (Å²) in [4.78, 5) is 18.9. The zero-order valence-electron chi connectivity index (χ0n) is 17.1. The molecule has 0 aliphatic carbocycles. The van der Waals surface area contributed by atoms with E-state index in [0.29, 0.717) is 22.1 Å². The Bertz CT molecular complexity index is 1210. The van der Waals surface area contributed by atoms with E-state index < -0.39 is 0 Å². The van der Waals surface area contributed by atoms with Gasteiger partial charge in [-0.2, -0.15) is 0 Å². The minimum atomic E-state index is -0.193. The first-order valence-corrected chi connectivity index (χ1v) is 10.0. The zero-order chi connectivity index (χ0) is 21.3. The zero-order valence-corrected chi connectivity index (χ0v) is 17.9. The van der Waals surface area contributed by atoms with Crippen molar-refractivity contribution in [2.45, 2.75) is 6.92 Å². The molecule has 0 saturated heterocycles. The van der Waals surface area contributed by atoms with Crippen LogP contribution in [0.25, 0.3) is 16.2 Å². The smallest absolute Gasteiger partial charge is 0.267 e. The Hall–Kier alpha value is -3.52. The molecular weight excluding hydrogens is 402 g/mol. The molecule has 2 aromatic heterocycles. The van der Waals surface area contributed by atoms with Crippen molar-refractivity contribution in [2.75, 3.05) is 26.6 Å². The summed E-state index contributed by atoms with van der Waals surface area (Å²) in [6, 6.07) is 13.0. The van der Waals surface area contributed by atoms with E-state index in [-0.39, 0.29) is 5.91 Å². The largest absolute Gasteiger partial charge is 0.497 e. The number of thiazole rings is 1. The van der Waals surface area contributed by atoms with E-state index in [0.717, 1.165) is 27.7 Å². The van der Waals surface area contributed by atoms with Crippen molar-refractivity contribution in [3.05, 3.63) is 59.2 Å². The number of amides is 1. The molecule has 0 radical (unpaired) electrons. The molecule has 0 unspecified atom stereocenters. The van der Waals surface area contributed by atoms with Gasteiger partial charge in [-0.05, 0) is 43.3 Å². The second kappa shape index (κ2) is 8.08. The number of carbonyl (C=O) groups excluding carboxylic acids is 1. The van der Waals surface area contributed by atoms with Gasteiger partial charge in [0.1, 0.15) is 10.6 Å². The van der Waals surface area contributed by atoms with Gasteiger partial charge in [0, 0.05) is 29.2 Å². The highest BCUT2D eigenvalue weighted by atomic mass is 32.1. The number of methoxy groups -OCH3 is 3. The number of benzene rings is 2. The van der Waals surface area contributed by atoms with Gasteiger partial charge in [0.05, 0.1) is 27.0 Å². The Labute approximate surface area is 177 Å². The van der Waals surface area contributed by atoms with Crippen LogP contribution in [0.3, 0.4) is 0 Å². The molecule has 4 aromatic rings. The number of nitrogens with one attached hydrogen (secondary N) is 1. The van der Waals surface area contributed by atoms with Crippen molar-refractivity contribution in [3.63, 3.8) is 0 Å². The van der Waals surface area contributed by atoms with Gasteiger partial charge in [-0.15, -0.1) is 0 Å². The molecule has 0 atom stereocenters. The van der Waals surface area contributed by atoms with E-state index in [9.17, 15) is 4.79 Å². The molecule has 0 spiro atoms. The molecular formula is C22H21N3O4S. The summed E-state index contributed by atoms with van der Waals surface area (Å²) in [5.41, 5.74) is 3.29. The summed E-state index contributed by atoms with van der Waals surface area (Å²) < 4.78 is 17.7. The van der Waals surface area contributed by atoms with E-state index in [2.05, 4.69) is 10.3 Å². The molecule has 2 heterocycles. The average molecular weight is 423 g/mol. The van der Waals surface area contributed by atoms with Crippen molar-refractivity contribution < 1.29 is 19.0 Å². The first-order chi connectivity index (χ1) is 14.5. The van der Waals surface area contributed by atoms with Crippen LogP contribution in [0.4, 0.5) is 5.69 Å². The molecule has 1 N–H and O–H groups in total. The molecule has 154 valence electrons. The van der Waals surface area contributed by atoms with E-state index in [4.69, 9.17) is 14.2 Å². The lowest BCUT2D eigenvalue weighted by molar-refractivity contribution is 0.102. The van der Waals surface area contributed by atoms with Crippen molar-refractivity contribution in [3.8, 4) is 28.5 Å². The lowest BCUT2D eigenvalue weighted by Gasteiger charge is -2.10. The van der Waals surface area contributed by atoms with Gasteiger partial charge in [0.2, 0.25) is 0 Å². The molecule has 8 heteroatoms. The fourth-order valence-electron chi connectivity index (χ4n) is 3.16. The highest BCUT2D eigenvalue weighted by Crippen LogP contribution is 2.31. The summed E-state index contributed by atoms with van der Waals surface area (Å²) >= 11 is 1.35. The molecule has 30 heavy (non-hydrogen) atoms. The monoisotopic (exact) mass is 423 g/mol. The number of hydrogen-bond acceptors (Lipinski definition) is 6. The summed E-state index contributed by atoms with van der Waals surface area (Å²) in [7, 11) is 4.77. The van der Waals surface area contributed by atoms with Crippen molar-refractivity contribution in [1.29, 1.82) is 0 Å². The highest BCUT2D eigenvalue weighted by molar-refractivity contribution is 7.19. The number of ether oxygens (including phenoxy) is 3. The number of nitrogens with zero attached hydrogens (tertiary/aromatic N) is 2. The standard InChI is InChI=1S/C22H21N3O4S/c1-13-20(21(26)23-15-7-10-18(28-3)19(11-15)29-4)30-22-24-17(12-25(13)22)14-5-8-16(27-2)9-6-14/h5-12H,1-4H3,(H,23,26). The summed E-state index contributed by atoms with van der Waals surface area (Å²) in [6.45, 7) is 1.91. The van der Waals surface area contributed by atoms with Crippen LogP contribution in [0.5, 0.6) is 17.2 Å². The first-order valence-electron chi connectivity index (χ1n) is 9.20. The quantitative estimate of drug-likeness (QED) is 0.489. The predicted octanol–water partition coefficient (Wildman–Crippen LogP) is 4.65. The van der Waals surface area contributed by atoms with Crippen LogP contribution in [0, 0.1) is 6.92 Å². The molecule has 7 nitrogen and oxygen atoms in total. The van der Waals surface area contributed by atoms with Gasteiger partial charge < -0.3 is 19.5 Å². The Morgan fingerprint density at radius 3 is 2.37 bits per heavy atom. The van der Waals surface area contributed by atoms with Crippen molar-refractivity contribution >= 4 is 27.9 Å². The van der Waals surface area contributed by atoms with Crippen molar-refractivity contribution in [2.24, 2.45) is 0 Å². The van der Waals surface area contributed by atoms with Crippen LogP contribution in [0.15, 0.2) is 48.7 Å². The Morgan fingerprint density at radius 1 is 1.00 bits per heavy atom. The normalized spacial score (nSPS) is 10.8. The van der Waals surface area contributed by atoms with Crippen LogP contribution in [-0.4, -0.2) is 36.6 Å². The number of fused-ring (bicyclic) bond motifs is 1. The summed E-state index contributed by atoms with van der Waals surface area (Å²) in [6.07, 6.45) is 1.94. The van der Waals surface area contributed by atoms with Gasteiger partial charge >= 0.3 is 0 Å². The number of carbonyl (C=O) groups is 1. The molecule has 0 bridgehead atoms. The van der Waals surface area contributed by atoms with Gasteiger partial charge in [-0.3, -0.25) is 9.20 Å². The summed E-state index contributed by atoms with van der Waals surface area (Å²) in [5, 5.41) is 2.92. The fraction of sp³-hybridized carbons (Fsp3) is 0.182. The Morgan fingerprint density at radius 2 is 1.73 bits per heavy atom. The van der Waals surface area contributed by atoms with E-state index >= 15 is 0 Å². The second-order valence-corrected chi connectivity index (χ2v) is 7.53. The third kappa shape index (κ3) is 3.57. The molecule has 0 aliphatic heterocycles. The van der Waals surface area contributed by atoms with Crippen LogP contribution in [0.1, 0.15) is 15.4 Å². The molecule has 1 amide bonds. The summed E-state index contributed by atoms with van der Waals surface area (Å²) in [5.74, 6) is 1.76. The maximum Gasteiger partial charge on any atom is 0.267 e. The minimum Gasteiger partial charge on any atom is -0.497 e. The maximum absolute atomic E-state index is 12.9. The minimum absolute atomic E-state index is 0.193. The molecule has 0 saturated carbocycles. The third-order valence-corrected chi connectivity index (χ3v) is 5.95. The second-order valence-electron chi connectivity index (χ2n) is 6.55. The number of anilines is 1. The van der Waals surface area contributed by atoms with E-state index in [1.165, 1.54) is 11.3 Å². The molecule has 0 aliphatic rings. The number of aromatic nitrogens is 2. The van der Waals surface area contributed by atoms with Crippen molar-refractivity contribution in [1.82, 2.24) is 9.38 Å². The van der Waals surface area contributed by atoms with Crippen LogP contribution in [-0.2, 0) is 0 Å². The van der Waals surface area contributed by atoms with Crippen LogP contribution in [0.2, 0.25) is 0 Å². The molecule has 2 aromatic carbocycles. The third-order valence-electron chi connectivity index (χ3n) is 4.79. The lowest BCUT2D eigenvalue weighted by Crippen LogP contribution is -2.12. The SMILES string of the molecule is COc1ccc(-c2cn3c(C)c(C(=O)Nc4ccc(OC)c(OC)c4)sc3n2)cc1. The van der Waals surface area contributed by atoms with E-state index in [1.54, 1.807) is 39.5 Å². The number of imidazole rings is 1. The number of rotatable bonds is 6. The lowest BCUT2D eigenvalue weighted by atomic mass is 10.2. The van der Waals surface area contributed by atoms with Crippen LogP contribution >= 0.6 is 11.3 Å². The topological polar surface area (TPSA) is 74.1 Å². The Balaban J connectivity index is 1.59. The Kier molecular flexibility index (Phi) is 5.33. The van der Waals surface area contributed by atoms with E-state index in [1.807, 2.05) is 41.8 Å². The van der Waals surface area contributed by atoms with Crippen LogP contribution < -0.4 is 19.5 Å². The number of aryl methyl sites for hydroxylation is 1. The van der Waals surface area contributed by atoms with Gasteiger partial charge in [0.15, 0.2) is 16.5 Å². The molecule has 0 fully saturated rings. The van der Waals surface area contributed by atoms with Gasteiger partial charge in [0.25, 0.3) is 5.91 Å². The molecule has 4 rings (SSSR count).